The molecule has 8 heteroatoms. The van der Waals surface area contributed by atoms with Crippen molar-refractivity contribution >= 4 is 27.5 Å². The van der Waals surface area contributed by atoms with Gasteiger partial charge in [0, 0.05) is 10.9 Å². The lowest BCUT2D eigenvalue weighted by molar-refractivity contribution is -0.122. The molecule has 4 rings (SSSR count). The van der Waals surface area contributed by atoms with Crippen molar-refractivity contribution in [2.45, 2.75) is 13.1 Å². The van der Waals surface area contributed by atoms with E-state index in [0.717, 1.165) is 16.9 Å². The number of fused-ring (bicyclic) bond motifs is 1. The van der Waals surface area contributed by atoms with Gasteiger partial charge in [-0.2, -0.15) is 0 Å². The molecule has 1 N–H and O–H groups in total. The van der Waals surface area contributed by atoms with E-state index >= 15 is 0 Å². The molecular formula is C20H17N3O4S. The zero-order valence-electron chi connectivity index (χ0n) is 15.0. The Bertz CT molecular complexity index is 1160. The van der Waals surface area contributed by atoms with Crippen molar-refractivity contribution in [2.75, 3.05) is 7.11 Å². The smallest absolute Gasteiger partial charge is 0.263 e. The molecule has 3 heterocycles. The summed E-state index contributed by atoms with van der Waals surface area (Å²) in [6, 6.07) is 11.0. The topological polar surface area (TPSA) is 86.4 Å². The van der Waals surface area contributed by atoms with Gasteiger partial charge in [-0.05, 0) is 29.8 Å². The molecule has 0 saturated carbocycles. The van der Waals surface area contributed by atoms with Crippen molar-refractivity contribution in [1.29, 1.82) is 0 Å². The first-order valence-corrected chi connectivity index (χ1v) is 9.44. The summed E-state index contributed by atoms with van der Waals surface area (Å²) in [4.78, 5) is 30.2. The largest absolute Gasteiger partial charge is 0.497 e. The van der Waals surface area contributed by atoms with Gasteiger partial charge in [0.15, 0.2) is 0 Å². The minimum atomic E-state index is -0.291. The molecule has 0 saturated heterocycles. The molecule has 1 aromatic carbocycles. The van der Waals surface area contributed by atoms with Crippen LogP contribution in [-0.2, 0) is 17.9 Å². The molecule has 0 aliphatic heterocycles. The molecule has 3 aromatic heterocycles. The average Bonchev–Trinajstić information content (AvgIpc) is 3.39. The molecular weight excluding hydrogens is 378 g/mol. The van der Waals surface area contributed by atoms with Crippen molar-refractivity contribution in [3.05, 3.63) is 70.5 Å². The number of hydrogen-bond donors (Lipinski definition) is 1. The van der Waals surface area contributed by atoms with Crippen molar-refractivity contribution in [3.63, 3.8) is 0 Å². The number of rotatable bonds is 6. The van der Waals surface area contributed by atoms with Gasteiger partial charge in [-0.25, -0.2) is 4.98 Å². The first-order chi connectivity index (χ1) is 13.7. The van der Waals surface area contributed by atoms with Crippen LogP contribution in [-0.4, -0.2) is 22.6 Å². The fourth-order valence-corrected chi connectivity index (χ4v) is 3.78. The summed E-state index contributed by atoms with van der Waals surface area (Å²) in [6.45, 7) is 0.159. The van der Waals surface area contributed by atoms with Gasteiger partial charge in [-0.3, -0.25) is 14.2 Å². The normalized spacial score (nSPS) is 10.9. The zero-order valence-corrected chi connectivity index (χ0v) is 15.9. The van der Waals surface area contributed by atoms with Gasteiger partial charge in [0.1, 0.15) is 22.9 Å². The Morgan fingerprint density at radius 1 is 1.29 bits per heavy atom. The van der Waals surface area contributed by atoms with Gasteiger partial charge in [-0.15, -0.1) is 11.3 Å². The maximum absolute atomic E-state index is 13.0. The summed E-state index contributed by atoms with van der Waals surface area (Å²) in [7, 11) is 1.61. The molecule has 28 heavy (non-hydrogen) atoms. The Balaban J connectivity index is 1.60. The second-order valence-corrected chi connectivity index (χ2v) is 6.95. The Kier molecular flexibility index (Phi) is 4.94. The molecule has 0 aliphatic carbocycles. The monoisotopic (exact) mass is 395 g/mol. The van der Waals surface area contributed by atoms with Crippen LogP contribution in [0.5, 0.6) is 5.75 Å². The molecule has 0 radical (unpaired) electrons. The van der Waals surface area contributed by atoms with Crippen LogP contribution >= 0.6 is 11.3 Å². The lowest BCUT2D eigenvalue weighted by atomic mass is 10.1. The number of carbonyl (C=O) groups is 1. The molecule has 0 atom stereocenters. The molecule has 0 aliphatic rings. The highest BCUT2D eigenvalue weighted by atomic mass is 32.1. The third kappa shape index (κ3) is 3.54. The molecule has 0 spiro atoms. The van der Waals surface area contributed by atoms with Crippen LogP contribution < -0.4 is 15.6 Å². The Hall–Kier alpha value is -3.39. The second-order valence-electron chi connectivity index (χ2n) is 6.09. The van der Waals surface area contributed by atoms with E-state index in [1.807, 2.05) is 29.6 Å². The Morgan fingerprint density at radius 2 is 2.11 bits per heavy atom. The predicted molar refractivity (Wildman–Crippen MR) is 106 cm³/mol. The fourth-order valence-electron chi connectivity index (χ4n) is 2.87. The molecule has 0 bridgehead atoms. The Morgan fingerprint density at radius 3 is 2.82 bits per heavy atom. The second kappa shape index (κ2) is 7.69. The van der Waals surface area contributed by atoms with Crippen LogP contribution in [0.4, 0.5) is 0 Å². The molecule has 4 aromatic rings. The van der Waals surface area contributed by atoms with E-state index in [-0.39, 0.29) is 24.6 Å². The number of nitrogens with zero attached hydrogens (tertiary/aromatic N) is 2. The molecule has 0 fully saturated rings. The summed E-state index contributed by atoms with van der Waals surface area (Å²) < 4.78 is 11.7. The van der Waals surface area contributed by atoms with E-state index in [4.69, 9.17) is 9.15 Å². The molecule has 142 valence electrons. The summed E-state index contributed by atoms with van der Waals surface area (Å²) in [5.41, 5.74) is 1.45. The lowest BCUT2D eigenvalue weighted by Crippen LogP contribution is -2.32. The van der Waals surface area contributed by atoms with Crippen LogP contribution in [0.1, 0.15) is 5.76 Å². The van der Waals surface area contributed by atoms with E-state index in [9.17, 15) is 9.59 Å². The number of hydrogen-bond acceptors (Lipinski definition) is 6. The van der Waals surface area contributed by atoms with Crippen molar-refractivity contribution < 1.29 is 13.9 Å². The van der Waals surface area contributed by atoms with Crippen LogP contribution in [0.2, 0.25) is 0 Å². The average molecular weight is 395 g/mol. The van der Waals surface area contributed by atoms with E-state index in [0.29, 0.717) is 16.0 Å². The van der Waals surface area contributed by atoms with Crippen LogP contribution in [0.3, 0.4) is 0 Å². The van der Waals surface area contributed by atoms with Crippen molar-refractivity contribution in [1.82, 2.24) is 14.9 Å². The van der Waals surface area contributed by atoms with Crippen LogP contribution in [0, 0.1) is 0 Å². The quantitative estimate of drug-likeness (QED) is 0.542. The van der Waals surface area contributed by atoms with E-state index in [1.165, 1.54) is 22.2 Å². The zero-order chi connectivity index (χ0) is 19.5. The van der Waals surface area contributed by atoms with Crippen molar-refractivity contribution in [2.24, 2.45) is 0 Å². The van der Waals surface area contributed by atoms with Gasteiger partial charge in [0.2, 0.25) is 5.91 Å². The number of methoxy groups -OCH3 is 1. The SMILES string of the molecule is COc1ccc(-c2csc3ncn(CC(=O)NCc4ccco4)c(=O)c23)cc1. The van der Waals surface area contributed by atoms with Gasteiger partial charge < -0.3 is 14.5 Å². The third-order valence-corrected chi connectivity index (χ3v) is 5.20. The number of amides is 1. The number of ether oxygens (including phenoxy) is 1. The highest BCUT2D eigenvalue weighted by Crippen LogP contribution is 2.31. The van der Waals surface area contributed by atoms with Gasteiger partial charge in [0.25, 0.3) is 5.56 Å². The van der Waals surface area contributed by atoms with Crippen LogP contribution in [0.15, 0.2) is 63.6 Å². The lowest BCUT2D eigenvalue weighted by Gasteiger charge is -2.07. The van der Waals surface area contributed by atoms with Gasteiger partial charge in [-0.1, -0.05) is 12.1 Å². The number of benzene rings is 1. The van der Waals surface area contributed by atoms with E-state index in [1.54, 1.807) is 25.5 Å². The maximum atomic E-state index is 13.0. The minimum Gasteiger partial charge on any atom is -0.497 e. The summed E-state index contributed by atoms with van der Waals surface area (Å²) in [5.74, 6) is 1.10. The van der Waals surface area contributed by atoms with E-state index in [2.05, 4.69) is 10.3 Å². The molecule has 7 nitrogen and oxygen atoms in total. The molecule has 0 unspecified atom stereocenters. The summed E-state index contributed by atoms with van der Waals surface area (Å²) >= 11 is 1.40. The van der Waals surface area contributed by atoms with Gasteiger partial charge in [0.05, 0.1) is 31.6 Å². The third-order valence-electron chi connectivity index (χ3n) is 4.32. The fraction of sp³-hybridized carbons (Fsp3) is 0.150. The van der Waals surface area contributed by atoms with Gasteiger partial charge >= 0.3 is 0 Å². The van der Waals surface area contributed by atoms with E-state index < -0.39 is 0 Å². The number of thiophene rings is 1. The minimum absolute atomic E-state index is 0.111. The highest BCUT2D eigenvalue weighted by Gasteiger charge is 2.15. The standard InChI is InChI=1S/C20H17N3O4S/c1-26-14-6-4-13(5-7-14)16-11-28-19-18(16)20(25)23(12-22-19)10-17(24)21-9-15-3-2-8-27-15/h2-8,11-12H,9-10H2,1H3,(H,21,24). The number of carbonyl (C=O) groups excluding carboxylic acids is 1. The predicted octanol–water partition coefficient (Wildman–Crippen LogP) is 3.04. The number of aromatic nitrogens is 2. The first-order valence-electron chi connectivity index (χ1n) is 8.56. The Labute approximate surface area is 164 Å². The summed E-state index contributed by atoms with van der Waals surface area (Å²) in [5, 5.41) is 5.15. The summed E-state index contributed by atoms with van der Waals surface area (Å²) in [6.07, 6.45) is 2.95. The molecule has 1 amide bonds. The maximum Gasteiger partial charge on any atom is 0.263 e. The van der Waals surface area contributed by atoms with Crippen LogP contribution in [0.25, 0.3) is 21.3 Å². The highest BCUT2D eigenvalue weighted by molar-refractivity contribution is 7.17. The number of nitrogens with one attached hydrogen (secondary N) is 1. The van der Waals surface area contributed by atoms with Crippen molar-refractivity contribution in [3.8, 4) is 16.9 Å². The number of furan rings is 1. The first kappa shape index (κ1) is 18.0.